The Balaban J connectivity index is 2.40. The van der Waals surface area contributed by atoms with Crippen molar-refractivity contribution in [2.24, 2.45) is 0 Å². The van der Waals surface area contributed by atoms with Crippen molar-refractivity contribution >= 4 is 11.9 Å². The SMILES string of the molecule is CC(NC(=O)CCc1nc(C(C)C)no1)C(=O)O. The van der Waals surface area contributed by atoms with Crippen molar-refractivity contribution in [1.29, 1.82) is 0 Å². The molecule has 1 unspecified atom stereocenters. The topological polar surface area (TPSA) is 105 Å². The van der Waals surface area contributed by atoms with Gasteiger partial charge < -0.3 is 14.9 Å². The molecule has 0 bridgehead atoms. The zero-order valence-electron chi connectivity index (χ0n) is 10.6. The Bertz CT molecular complexity index is 428. The number of aromatic nitrogens is 2. The molecule has 7 nitrogen and oxygen atoms in total. The molecule has 18 heavy (non-hydrogen) atoms. The van der Waals surface area contributed by atoms with Crippen LogP contribution in [0, 0.1) is 0 Å². The lowest BCUT2D eigenvalue weighted by atomic mass is 10.2. The molecule has 0 aromatic carbocycles. The van der Waals surface area contributed by atoms with Crippen LogP contribution in [0.15, 0.2) is 4.52 Å². The zero-order valence-corrected chi connectivity index (χ0v) is 10.6. The summed E-state index contributed by atoms with van der Waals surface area (Å²) in [7, 11) is 0. The van der Waals surface area contributed by atoms with E-state index in [0.29, 0.717) is 18.1 Å². The first kappa shape index (κ1) is 14.1. The summed E-state index contributed by atoms with van der Waals surface area (Å²) in [5.41, 5.74) is 0. The molecule has 1 heterocycles. The molecule has 0 saturated heterocycles. The Morgan fingerprint density at radius 2 is 2.06 bits per heavy atom. The molecule has 2 N–H and O–H groups in total. The minimum atomic E-state index is -1.07. The van der Waals surface area contributed by atoms with Gasteiger partial charge >= 0.3 is 5.97 Å². The second kappa shape index (κ2) is 6.13. The van der Waals surface area contributed by atoms with E-state index in [1.165, 1.54) is 6.92 Å². The van der Waals surface area contributed by atoms with E-state index in [1.807, 2.05) is 13.8 Å². The normalized spacial score (nSPS) is 12.4. The van der Waals surface area contributed by atoms with Crippen LogP contribution in [0.2, 0.25) is 0 Å². The summed E-state index contributed by atoms with van der Waals surface area (Å²) in [4.78, 5) is 26.1. The van der Waals surface area contributed by atoms with E-state index >= 15 is 0 Å². The van der Waals surface area contributed by atoms with Crippen LogP contribution in [0.25, 0.3) is 0 Å². The lowest BCUT2D eigenvalue weighted by Gasteiger charge is -2.07. The molecule has 0 spiro atoms. The van der Waals surface area contributed by atoms with Crippen molar-refractivity contribution in [2.45, 2.75) is 45.6 Å². The van der Waals surface area contributed by atoms with Gasteiger partial charge in [-0.15, -0.1) is 0 Å². The van der Waals surface area contributed by atoms with Gasteiger partial charge in [0.05, 0.1) is 0 Å². The van der Waals surface area contributed by atoms with Gasteiger partial charge in [0, 0.05) is 18.8 Å². The van der Waals surface area contributed by atoms with E-state index in [1.54, 1.807) is 0 Å². The van der Waals surface area contributed by atoms with E-state index in [9.17, 15) is 9.59 Å². The van der Waals surface area contributed by atoms with E-state index in [2.05, 4.69) is 15.5 Å². The average Bonchev–Trinajstić information content (AvgIpc) is 2.74. The molecule has 1 amide bonds. The van der Waals surface area contributed by atoms with Crippen molar-refractivity contribution < 1.29 is 19.2 Å². The Morgan fingerprint density at radius 3 is 2.56 bits per heavy atom. The summed E-state index contributed by atoms with van der Waals surface area (Å²) in [6, 6.07) is -0.897. The maximum Gasteiger partial charge on any atom is 0.325 e. The number of rotatable bonds is 6. The highest BCUT2D eigenvalue weighted by Gasteiger charge is 2.15. The van der Waals surface area contributed by atoms with Crippen molar-refractivity contribution in [3.8, 4) is 0 Å². The van der Waals surface area contributed by atoms with Gasteiger partial charge in [0.25, 0.3) is 0 Å². The van der Waals surface area contributed by atoms with Gasteiger partial charge in [-0.1, -0.05) is 19.0 Å². The van der Waals surface area contributed by atoms with E-state index < -0.39 is 12.0 Å². The molecule has 0 radical (unpaired) electrons. The summed E-state index contributed by atoms with van der Waals surface area (Å²) >= 11 is 0. The smallest absolute Gasteiger partial charge is 0.325 e. The molecule has 0 aliphatic heterocycles. The van der Waals surface area contributed by atoms with Crippen molar-refractivity contribution in [2.75, 3.05) is 0 Å². The van der Waals surface area contributed by atoms with Crippen LogP contribution < -0.4 is 5.32 Å². The Labute approximate surface area is 105 Å². The lowest BCUT2D eigenvalue weighted by molar-refractivity contribution is -0.141. The molecule has 1 atom stereocenters. The monoisotopic (exact) mass is 255 g/mol. The number of carbonyl (C=O) groups excluding carboxylic acids is 1. The minimum absolute atomic E-state index is 0.122. The van der Waals surface area contributed by atoms with Crippen LogP contribution >= 0.6 is 0 Å². The van der Waals surface area contributed by atoms with Crippen molar-refractivity contribution in [3.63, 3.8) is 0 Å². The van der Waals surface area contributed by atoms with Crippen LogP contribution in [0.4, 0.5) is 0 Å². The van der Waals surface area contributed by atoms with Crippen molar-refractivity contribution in [3.05, 3.63) is 11.7 Å². The summed E-state index contributed by atoms with van der Waals surface area (Å²) in [6.45, 7) is 5.29. The Hall–Kier alpha value is -1.92. The van der Waals surface area contributed by atoms with E-state index in [-0.39, 0.29) is 18.2 Å². The van der Waals surface area contributed by atoms with Crippen molar-refractivity contribution in [1.82, 2.24) is 15.5 Å². The molecular formula is C11H17N3O4. The highest BCUT2D eigenvalue weighted by Crippen LogP contribution is 2.10. The molecule has 0 saturated carbocycles. The maximum atomic E-state index is 11.4. The predicted octanol–water partition coefficient (Wildman–Crippen LogP) is 0.715. The second-order valence-electron chi connectivity index (χ2n) is 4.33. The first-order valence-corrected chi connectivity index (χ1v) is 5.74. The van der Waals surface area contributed by atoms with Gasteiger partial charge in [0.15, 0.2) is 5.82 Å². The summed E-state index contributed by atoms with van der Waals surface area (Å²) < 4.78 is 4.97. The lowest BCUT2D eigenvalue weighted by Crippen LogP contribution is -2.38. The number of nitrogens with zero attached hydrogens (tertiary/aromatic N) is 2. The molecule has 1 aromatic rings. The highest BCUT2D eigenvalue weighted by atomic mass is 16.5. The molecule has 1 aromatic heterocycles. The van der Waals surface area contributed by atoms with Gasteiger partial charge in [-0.05, 0) is 6.92 Å². The summed E-state index contributed by atoms with van der Waals surface area (Å²) in [5.74, 6) is -0.262. The fourth-order valence-corrected chi connectivity index (χ4v) is 1.20. The number of hydrogen-bond donors (Lipinski definition) is 2. The summed E-state index contributed by atoms with van der Waals surface area (Å²) in [5, 5.41) is 14.7. The number of nitrogens with one attached hydrogen (secondary N) is 1. The molecule has 0 aliphatic carbocycles. The Morgan fingerprint density at radius 1 is 1.39 bits per heavy atom. The minimum Gasteiger partial charge on any atom is -0.480 e. The fraction of sp³-hybridized carbons (Fsp3) is 0.636. The number of hydrogen-bond acceptors (Lipinski definition) is 5. The predicted molar refractivity (Wildman–Crippen MR) is 61.9 cm³/mol. The summed E-state index contributed by atoms with van der Waals surface area (Å²) in [6.07, 6.45) is 0.426. The van der Waals surface area contributed by atoms with Crippen LogP contribution in [-0.4, -0.2) is 33.2 Å². The van der Waals surface area contributed by atoms with Crippen LogP contribution in [0.3, 0.4) is 0 Å². The van der Waals surface area contributed by atoms with Crippen LogP contribution in [0.1, 0.15) is 44.8 Å². The zero-order chi connectivity index (χ0) is 13.7. The molecule has 100 valence electrons. The first-order chi connectivity index (χ1) is 8.40. The van der Waals surface area contributed by atoms with Gasteiger partial charge in [0.1, 0.15) is 6.04 Å². The quantitative estimate of drug-likeness (QED) is 0.775. The molecule has 1 rings (SSSR count). The number of aryl methyl sites for hydroxylation is 1. The average molecular weight is 255 g/mol. The number of carboxylic acid groups (broad SMARTS) is 1. The third-order valence-corrected chi connectivity index (χ3v) is 2.31. The number of carbonyl (C=O) groups is 2. The number of amides is 1. The number of aliphatic carboxylic acids is 1. The van der Waals surface area contributed by atoms with Gasteiger partial charge in [0.2, 0.25) is 11.8 Å². The van der Waals surface area contributed by atoms with Crippen LogP contribution in [0.5, 0.6) is 0 Å². The largest absolute Gasteiger partial charge is 0.480 e. The van der Waals surface area contributed by atoms with E-state index in [0.717, 1.165) is 0 Å². The standard InChI is InChI=1S/C11H17N3O4/c1-6(2)10-13-9(18-14-10)5-4-8(15)12-7(3)11(16)17/h6-7H,4-5H2,1-3H3,(H,12,15)(H,16,17). The van der Waals surface area contributed by atoms with E-state index in [4.69, 9.17) is 9.63 Å². The molecular weight excluding hydrogens is 238 g/mol. The van der Waals surface area contributed by atoms with Crippen LogP contribution in [-0.2, 0) is 16.0 Å². The number of carboxylic acids is 1. The molecule has 0 aliphatic rings. The Kier molecular flexibility index (Phi) is 4.82. The van der Waals surface area contributed by atoms with Gasteiger partial charge in [-0.25, -0.2) is 0 Å². The van der Waals surface area contributed by atoms with Gasteiger partial charge in [-0.3, -0.25) is 9.59 Å². The molecule has 0 fully saturated rings. The van der Waals surface area contributed by atoms with Gasteiger partial charge in [-0.2, -0.15) is 4.98 Å². The third kappa shape index (κ3) is 4.15. The maximum absolute atomic E-state index is 11.4. The molecule has 7 heteroatoms. The third-order valence-electron chi connectivity index (χ3n) is 2.31. The fourth-order valence-electron chi connectivity index (χ4n) is 1.20. The second-order valence-corrected chi connectivity index (χ2v) is 4.33. The first-order valence-electron chi connectivity index (χ1n) is 5.74. The highest BCUT2D eigenvalue weighted by molar-refractivity contribution is 5.83.